The van der Waals surface area contributed by atoms with E-state index < -0.39 is 0 Å². The van der Waals surface area contributed by atoms with E-state index in [1.165, 1.54) is 12.8 Å². The zero-order valence-electron chi connectivity index (χ0n) is 11.6. The van der Waals surface area contributed by atoms with Crippen LogP contribution in [0.25, 0.3) is 0 Å². The fourth-order valence-corrected chi connectivity index (χ4v) is 3.01. The van der Waals surface area contributed by atoms with Gasteiger partial charge in [-0.1, -0.05) is 49.2 Å². The van der Waals surface area contributed by atoms with E-state index in [-0.39, 0.29) is 6.04 Å². The smallest absolute Gasteiger partial charge is 0.0640 e. The fraction of sp³-hybridized carbons (Fsp3) is 0.600. The molecule has 2 N–H and O–H groups in total. The van der Waals surface area contributed by atoms with Crippen LogP contribution in [0.2, 0.25) is 10.0 Å². The molecule has 0 heterocycles. The number of benzene rings is 1. The van der Waals surface area contributed by atoms with Gasteiger partial charge in [-0.3, -0.25) is 4.90 Å². The van der Waals surface area contributed by atoms with Gasteiger partial charge in [0.2, 0.25) is 0 Å². The summed E-state index contributed by atoms with van der Waals surface area (Å²) in [5.41, 5.74) is 7.08. The summed E-state index contributed by atoms with van der Waals surface area (Å²) in [4.78, 5) is 2.50. The summed E-state index contributed by atoms with van der Waals surface area (Å²) >= 11 is 12.5. The van der Waals surface area contributed by atoms with E-state index >= 15 is 0 Å². The lowest BCUT2D eigenvalue weighted by Crippen LogP contribution is -2.38. The minimum atomic E-state index is 0.168. The minimum Gasteiger partial charge on any atom is -0.329 e. The van der Waals surface area contributed by atoms with Crippen molar-refractivity contribution in [2.45, 2.75) is 38.8 Å². The summed E-state index contributed by atoms with van der Waals surface area (Å²) in [6, 6.07) is 6.64. The molecule has 0 amide bonds. The van der Waals surface area contributed by atoms with Gasteiger partial charge in [0.05, 0.1) is 10.0 Å². The molecule has 0 aliphatic heterocycles. The van der Waals surface area contributed by atoms with Crippen LogP contribution in [0.15, 0.2) is 18.2 Å². The molecule has 1 saturated carbocycles. The average Bonchev–Trinajstić information content (AvgIpc) is 3.17. The number of halogens is 2. The van der Waals surface area contributed by atoms with Crippen molar-refractivity contribution in [1.82, 2.24) is 4.90 Å². The number of nitrogens with zero attached hydrogens (tertiary/aromatic N) is 1. The van der Waals surface area contributed by atoms with Crippen LogP contribution in [-0.2, 0) is 0 Å². The summed E-state index contributed by atoms with van der Waals surface area (Å²) in [5, 5.41) is 1.26. The molecule has 2 rings (SSSR count). The Morgan fingerprint density at radius 2 is 2.00 bits per heavy atom. The minimum absolute atomic E-state index is 0.168. The maximum absolute atomic E-state index is 6.36. The highest BCUT2D eigenvalue weighted by Gasteiger charge is 2.35. The number of rotatable bonds is 6. The third-order valence-electron chi connectivity index (χ3n) is 3.56. The molecule has 1 aromatic carbocycles. The first-order chi connectivity index (χ1) is 9.04. The lowest BCUT2D eigenvalue weighted by molar-refractivity contribution is 0.169. The van der Waals surface area contributed by atoms with Gasteiger partial charge in [-0.25, -0.2) is 0 Å². The molecular formula is C15H22Cl2N2. The van der Waals surface area contributed by atoms with Crippen LogP contribution < -0.4 is 5.73 Å². The Bertz CT molecular complexity index is 430. The number of hydrogen-bond donors (Lipinski definition) is 1. The quantitative estimate of drug-likeness (QED) is 0.856. The molecule has 0 bridgehead atoms. The van der Waals surface area contributed by atoms with Crippen LogP contribution in [-0.4, -0.2) is 24.0 Å². The molecule has 1 atom stereocenters. The highest BCUT2D eigenvalue weighted by Crippen LogP contribution is 2.38. The molecular weight excluding hydrogens is 279 g/mol. The van der Waals surface area contributed by atoms with Crippen LogP contribution in [0, 0.1) is 5.92 Å². The summed E-state index contributed by atoms with van der Waals surface area (Å²) < 4.78 is 0. The van der Waals surface area contributed by atoms with E-state index in [0.717, 1.165) is 12.1 Å². The third kappa shape index (κ3) is 3.63. The predicted octanol–water partition coefficient (Wildman–Crippen LogP) is 4.11. The van der Waals surface area contributed by atoms with Gasteiger partial charge in [0.25, 0.3) is 0 Å². The number of hydrogen-bond acceptors (Lipinski definition) is 2. The van der Waals surface area contributed by atoms with Gasteiger partial charge >= 0.3 is 0 Å². The van der Waals surface area contributed by atoms with Gasteiger partial charge in [-0.05, 0) is 30.4 Å². The van der Waals surface area contributed by atoms with Crippen LogP contribution in [0.5, 0.6) is 0 Å². The zero-order valence-corrected chi connectivity index (χ0v) is 13.1. The van der Waals surface area contributed by atoms with Crippen molar-refractivity contribution in [3.8, 4) is 0 Å². The molecule has 4 heteroatoms. The largest absolute Gasteiger partial charge is 0.329 e. The Balaban J connectivity index is 2.28. The molecule has 1 aliphatic carbocycles. The normalized spacial score (nSPS) is 17.2. The molecule has 1 unspecified atom stereocenters. The summed E-state index contributed by atoms with van der Waals surface area (Å²) in [6.07, 6.45) is 2.53. The van der Waals surface area contributed by atoms with Gasteiger partial charge < -0.3 is 5.73 Å². The van der Waals surface area contributed by atoms with Crippen molar-refractivity contribution >= 4 is 23.2 Å². The summed E-state index contributed by atoms with van der Waals surface area (Å²) in [5.74, 6) is 0.618. The van der Waals surface area contributed by atoms with Gasteiger partial charge in [0, 0.05) is 25.2 Å². The van der Waals surface area contributed by atoms with Crippen molar-refractivity contribution in [3.63, 3.8) is 0 Å². The molecule has 0 spiro atoms. The van der Waals surface area contributed by atoms with E-state index in [2.05, 4.69) is 18.7 Å². The van der Waals surface area contributed by atoms with Gasteiger partial charge in [-0.2, -0.15) is 0 Å². The van der Waals surface area contributed by atoms with E-state index in [9.17, 15) is 0 Å². The first-order valence-electron chi connectivity index (χ1n) is 6.94. The first kappa shape index (κ1) is 15.1. The second kappa shape index (κ2) is 6.45. The standard InChI is InChI=1S/C15H22Cl2N2/c1-10(2)9-19(11-6-7-11)14(8-18)12-4-3-5-13(16)15(12)17/h3-5,10-11,14H,6-9,18H2,1-2H3. The SMILES string of the molecule is CC(C)CN(C1CC1)C(CN)c1cccc(Cl)c1Cl. The van der Waals surface area contributed by atoms with Gasteiger partial charge in [-0.15, -0.1) is 0 Å². The molecule has 2 nitrogen and oxygen atoms in total. The van der Waals surface area contributed by atoms with Crippen molar-refractivity contribution in [2.75, 3.05) is 13.1 Å². The second-order valence-corrected chi connectivity index (χ2v) is 6.50. The van der Waals surface area contributed by atoms with Crippen LogP contribution in [0.3, 0.4) is 0 Å². The van der Waals surface area contributed by atoms with E-state index in [4.69, 9.17) is 28.9 Å². The number of nitrogens with two attached hydrogens (primary N) is 1. The highest BCUT2D eigenvalue weighted by atomic mass is 35.5. The van der Waals surface area contributed by atoms with Gasteiger partial charge in [0.15, 0.2) is 0 Å². The molecule has 19 heavy (non-hydrogen) atoms. The second-order valence-electron chi connectivity index (χ2n) is 5.72. The predicted molar refractivity (Wildman–Crippen MR) is 82.8 cm³/mol. The van der Waals surface area contributed by atoms with Crippen LogP contribution in [0.4, 0.5) is 0 Å². The van der Waals surface area contributed by atoms with Crippen molar-refractivity contribution in [2.24, 2.45) is 11.7 Å². The van der Waals surface area contributed by atoms with Gasteiger partial charge in [0.1, 0.15) is 0 Å². The Hall–Kier alpha value is -0.280. The van der Waals surface area contributed by atoms with Crippen molar-refractivity contribution in [3.05, 3.63) is 33.8 Å². The average molecular weight is 301 g/mol. The summed E-state index contributed by atoms with van der Waals surface area (Å²) in [7, 11) is 0. The zero-order chi connectivity index (χ0) is 14.0. The molecule has 106 valence electrons. The lowest BCUT2D eigenvalue weighted by atomic mass is 10.0. The fourth-order valence-electron chi connectivity index (χ4n) is 2.58. The molecule has 1 aromatic rings. The topological polar surface area (TPSA) is 29.3 Å². The molecule has 0 aromatic heterocycles. The van der Waals surface area contributed by atoms with Crippen molar-refractivity contribution in [1.29, 1.82) is 0 Å². The molecule has 0 radical (unpaired) electrons. The maximum Gasteiger partial charge on any atom is 0.0640 e. The van der Waals surface area contributed by atoms with Crippen LogP contribution >= 0.6 is 23.2 Å². The maximum atomic E-state index is 6.36. The monoisotopic (exact) mass is 300 g/mol. The summed E-state index contributed by atoms with van der Waals surface area (Å²) in [6.45, 7) is 6.10. The Labute approximate surface area is 125 Å². The van der Waals surface area contributed by atoms with Crippen molar-refractivity contribution < 1.29 is 0 Å². The third-order valence-corrected chi connectivity index (χ3v) is 4.39. The lowest BCUT2D eigenvalue weighted by Gasteiger charge is -2.33. The highest BCUT2D eigenvalue weighted by molar-refractivity contribution is 6.42. The molecule has 1 aliphatic rings. The Morgan fingerprint density at radius 3 is 2.53 bits per heavy atom. The van der Waals surface area contributed by atoms with E-state index in [1.807, 2.05) is 18.2 Å². The van der Waals surface area contributed by atoms with E-state index in [1.54, 1.807) is 0 Å². The Morgan fingerprint density at radius 1 is 1.32 bits per heavy atom. The van der Waals surface area contributed by atoms with Crippen LogP contribution in [0.1, 0.15) is 38.3 Å². The first-order valence-corrected chi connectivity index (χ1v) is 7.70. The Kier molecular flexibility index (Phi) is 5.13. The molecule has 0 saturated heterocycles. The molecule has 1 fully saturated rings. The van der Waals surface area contributed by atoms with E-state index in [0.29, 0.717) is 28.5 Å².